The molecule has 0 unspecified atom stereocenters. The number of nitrogen functional groups attached to an aromatic ring is 1. The SMILES string of the molecule is Nc1ccccc1C(=O)NCCN1CCC(Cc2nc3cccnc3n2Cc2ccc(F)cc2)CC1. The van der Waals surface area contributed by atoms with E-state index in [1.165, 1.54) is 12.1 Å². The number of carbonyl (C=O) groups excluding carboxylic acids is 1. The van der Waals surface area contributed by atoms with Gasteiger partial charge >= 0.3 is 0 Å². The van der Waals surface area contributed by atoms with Crippen molar-refractivity contribution in [2.45, 2.75) is 25.8 Å². The molecule has 7 nitrogen and oxygen atoms in total. The Labute approximate surface area is 210 Å². The molecule has 1 aliphatic heterocycles. The summed E-state index contributed by atoms with van der Waals surface area (Å²) in [6.45, 7) is 4.01. The monoisotopic (exact) mass is 486 g/mol. The third-order valence-corrected chi connectivity index (χ3v) is 6.93. The van der Waals surface area contributed by atoms with Crippen LogP contribution in [-0.2, 0) is 13.0 Å². The maximum atomic E-state index is 13.4. The number of likely N-dealkylation sites (tertiary alicyclic amines) is 1. The highest BCUT2D eigenvalue weighted by Gasteiger charge is 2.22. The Morgan fingerprint density at radius 1 is 1.06 bits per heavy atom. The van der Waals surface area contributed by atoms with E-state index in [9.17, 15) is 9.18 Å². The van der Waals surface area contributed by atoms with Crippen LogP contribution in [0, 0.1) is 11.7 Å². The highest BCUT2D eigenvalue weighted by atomic mass is 19.1. The van der Waals surface area contributed by atoms with E-state index in [4.69, 9.17) is 10.7 Å². The van der Waals surface area contributed by atoms with Crippen molar-refractivity contribution in [2.75, 3.05) is 31.9 Å². The maximum absolute atomic E-state index is 13.4. The molecule has 0 bridgehead atoms. The number of nitrogens with zero attached hydrogens (tertiary/aromatic N) is 4. The Bertz CT molecular complexity index is 1330. The van der Waals surface area contributed by atoms with Crippen LogP contribution in [0.15, 0.2) is 66.9 Å². The number of benzene rings is 2. The minimum Gasteiger partial charge on any atom is -0.398 e. The van der Waals surface area contributed by atoms with Crippen molar-refractivity contribution in [3.05, 3.63) is 89.6 Å². The van der Waals surface area contributed by atoms with E-state index < -0.39 is 0 Å². The Kier molecular flexibility index (Phi) is 7.23. The molecule has 0 atom stereocenters. The molecule has 0 spiro atoms. The van der Waals surface area contributed by atoms with Crippen LogP contribution in [0.2, 0.25) is 0 Å². The summed E-state index contributed by atoms with van der Waals surface area (Å²) >= 11 is 0. The van der Waals surface area contributed by atoms with Crippen molar-refractivity contribution in [1.29, 1.82) is 0 Å². The molecule has 0 radical (unpaired) electrons. The zero-order valence-electron chi connectivity index (χ0n) is 20.2. The first kappa shape index (κ1) is 23.9. The van der Waals surface area contributed by atoms with Gasteiger partial charge in [-0.05, 0) is 73.8 Å². The van der Waals surface area contributed by atoms with Crippen molar-refractivity contribution in [2.24, 2.45) is 5.92 Å². The number of rotatable bonds is 8. The second-order valence-corrected chi connectivity index (χ2v) is 9.42. The number of imidazole rings is 1. The van der Waals surface area contributed by atoms with Crippen LogP contribution in [0.5, 0.6) is 0 Å². The summed E-state index contributed by atoms with van der Waals surface area (Å²) in [4.78, 5) is 24.2. The number of amides is 1. The number of anilines is 1. The van der Waals surface area contributed by atoms with Crippen LogP contribution in [-0.4, -0.2) is 51.5 Å². The Morgan fingerprint density at radius 2 is 1.83 bits per heavy atom. The van der Waals surface area contributed by atoms with Crippen molar-refractivity contribution < 1.29 is 9.18 Å². The zero-order valence-corrected chi connectivity index (χ0v) is 20.2. The fraction of sp³-hybridized carbons (Fsp3) is 0.321. The molecule has 4 aromatic rings. The molecule has 1 saturated heterocycles. The summed E-state index contributed by atoms with van der Waals surface area (Å²) < 4.78 is 15.6. The number of carbonyl (C=O) groups is 1. The lowest BCUT2D eigenvalue weighted by atomic mass is 9.93. The van der Waals surface area contributed by atoms with Crippen LogP contribution in [0.25, 0.3) is 11.2 Å². The van der Waals surface area contributed by atoms with Crippen LogP contribution in [0.3, 0.4) is 0 Å². The molecule has 5 rings (SSSR count). The fourth-order valence-electron chi connectivity index (χ4n) is 4.90. The van der Waals surface area contributed by atoms with Gasteiger partial charge in [-0.1, -0.05) is 24.3 Å². The third kappa shape index (κ3) is 5.54. The van der Waals surface area contributed by atoms with E-state index in [0.29, 0.717) is 30.3 Å². The van der Waals surface area contributed by atoms with E-state index in [1.807, 2.05) is 36.4 Å². The first-order valence-corrected chi connectivity index (χ1v) is 12.5. The smallest absolute Gasteiger partial charge is 0.253 e. The van der Waals surface area contributed by atoms with Crippen molar-refractivity contribution in [3.8, 4) is 0 Å². The summed E-state index contributed by atoms with van der Waals surface area (Å²) in [5.41, 5.74) is 9.70. The topological polar surface area (TPSA) is 89.1 Å². The van der Waals surface area contributed by atoms with E-state index in [2.05, 4.69) is 19.8 Å². The lowest BCUT2D eigenvalue weighted by Gasteiger charge is -2.32. The minimum absolute atomic E-state index is 0.128. The predicted molar refractivity (Wildman–Crippen MR) is 139 cm³/mol. The van der Waals surface area contributed by atoms with Gasteiger partial charge in [0.1, 0.15) is 17.2 Å². The van der Waals surface area contributed by atoms with E-state index in [0.717, 1.165) is 61.4 Å². The van der Waals surface area contributed by atoms with Gasteiger partial charge in [-0.2, -0.15) is 0 Å². The maximum Gasteiger partial charge on any atom is 0.253 e. The fourth-order valence-corrected chi connectivity index (χ4v) is 4.90. The second kappa shape index (κ2) is 10.9. The number of pyridine rings is 1. The summed E-state index contributed by atoms with van der Waals surface area (Å²) in [5.74, 6) is 1.20. The number of aromatic nitrogens is 3. The average molecular weight is 487 g/mol. The van der Waals surface area contributed by atoms with Crippen molar-refractivity contribution >= 4 is 22.8 Å². The summed E-state index contributed by atoms with van der Waals surface area (Å²) in [6, 6.07) is 17.7. The minimum atomic E-state index is -0.233. The first-order valence-electron chi connectivity index (χ1n) is 12.5. The highest BCUT2D eigenvalue weighted by Crippen LogP contribution is 2.24. The highest BCUT2D eigenvalue weighted by molar-refractivity contribution is 5.99. The number of nitrogens with one attached hydrogen (secondary N) is 1. The number of fused-ring (bicyclic) bond motifs is 1. The summed E-state index contributed by atoms with van der Waals surface area (Å²) in [5, 5.41) is 2.98. The van der Waals surface area contributed by atoms with Crippen LogP contribution < -0.4 is 11.1 Å². The molecule has 3 N–H and O–H groups in total. The number of para-hydroxylation sites is 1. The van der Waals surface area contributed by atoms with Gasteiger partial charge in [0, 0.05) is 31.4 Å². The summed E-state index contributed by atoms with van der Waals surface area (Å²) in [6.07, 6.45) is 4.83. The molecular weight excluding hydrogens is 455 g/mol. The lowest BCUT2D eigenvalue weighted by Crippen LogP contribution is -2.40. The Hall–Kier alpha value is -3.78. The van der Waals surface area contributed by atoms with Crippen LogP contribution in [0.4, 0.5) is 10.1 Å². The lowest BCUT2D eigenvalue weighted by molar-refractivity contribution is 0.0944. The van der Waals surface area contributed by atoms with Crippen molar-refractivity contribution in [1.82, 2.24) is 24.8 Å². The number of halogens is 1. The Morgan fingerprint density at radius 3 is 2.61 bits per heavy atom. The quantitative estimate of drug-likeness (QED) is 0.369. The first-order chi connectivity index (χ1) is 17.6. The van der Waals surface area contributed by atoms with Gasteiger partial charge < -0.3 is 20.5 Å². The number of nitrogens with two attached hydrogens (primary N) is 1. The third-order valence-electron chi connectivity index (χ3n) is 6.93. The molecule has 2 aromatic carbocycles. The van der Waals surface area contributed by atoms with E-state index in [1.54, 1.807) is 18.3 Å². The van der Waals surface area contributed by atoms with Gasteiger partial charge in [0.25, 0.3) is 5.91 Å². The average Bonchev–Trinajstić information content (AvgIpc) is 3.23. The molecule has 186 valence electrons. The number of hydrogen-bond acceptors (Lipinski definition) is 5. The number of piperidine rings is 1. The van der Waals surface area contributed by atoms with Crippen LogP contribution in [0.1, 0.15) is 34.6 Å². The van der Waals surface area contributed by atoms with Crippen molar-refractivity contribution in [3.63, 3.8) is 0 Å². The molecule has 3 heterocycles. The largest absolute Gasteiger partial charge is 0.398 e. The Balaban J connectivity index is 1.16. The van der Waals surface area contributed by atoms with Gasteiger partial charge in [-0.15, -0.1) is 0 Å². The number of hydrogen-bond donors (Lipinski definition) is 2. The predicted octanol–water partition coefficient (Wildman–Crippen LogP) is 3.89. The molecule has 0 saturated carbocycles. The van der Waals surface area contributed by atoms with E-state index in [-0.39, 0.29) is 11.7 Å². The molecule has 1 aliphatic rings. The zero-order chi connectivity index (χ0) is 24.9. The molecule has 1 amide bonds. The molecule has 36 heavy (non-hydrogen) atoms. The van der Waals surface area contributed by atoms with Gasteiger partial charge in [0.05, 0.1) is 12.1 Å². The molecule has 1 fully saturated rings. The standard InChI is InChI=1S/C28H31FN6O/c29-22-9-7-21(8-10-22)19-35-26(33-25-6-3-13-31-27(25)35)18-20-11-15-34(16-12-20)17-14-32-28(36)23-4-1-2-5-24(23)30/h1-10,13,20H,11-12,14-19,30H2,(H,32,36). The summed E-state index contributed by atoms with van der Waals surface area (Å²) in [7, 11) is 0. The van der Waals surface area contributed by atoms with Gasteiger partial charge in [0.2, 0.25) is 0 Å². The van der Waals surface area contributed by atoms with E-state index >= 15 is 0 Å². The van der Waals surface area contributed by atoms with Gasteiger partial charge in [-0.25, -0.2) is 14.4 Å². The van der Waals surface area contributed by atoms with Crippen LogP contribution >= 0.6 is 0 Å². The molecule has 0 aliphatic carbocycles. The van der Waals surface area contributed by atoms with Gasteiger partial charge in [0.15, 0.2) is 5.65 Å². The molecular formula is C28H31FN6O. The van der Waals surface area contributed by atoms with Gasteiger partial charge in [-0.3, -0.25) is 4.79 Å². The molecule has 8 heteroatoms. The second-order valence-electron chi connectivity index (χ2n) is 9.42. The molecule has 2 aromatic heterocycles. The normalized spacial score (nSPS) is 14.8.